The number of hydrogen-bond acceptors (Lipinski definition) is 11. The summed E-state index contributed by atoms with van der Waals surface area (Å²) in [6, 6.07) is 0. The predicted octanol–water partition coefficient (Wildman–Crippen LogP) is -4.74. The molecule has 0 aliphatic carbocycles. The molecule has 7 N–H and O–H groups in total. The molecule has 0 saturated carbocycles. The molecule has 0 spiro atoms. The van der Waals surface area contributed by atoms with Crippen molar-refractivity contribution in [1.82, 2.24) is 0 Å². The minimum atomic E-state index is -1.71. The molecule has 0 aromatic heterocycles. The maximum atomic E-state index is 10.2. The van der Waals surface area contributed by atoms with Crippen LogP contribution in [0.25, 0.3) is 0 Å². The Labute approximate surface area is 137 Å². The van der Waals surface area contributed by atoms with Crippen LogP contribution in [0.2, 0.25) is 0 Å². The van der Waals surface area contributed by atoms with Gasteiger partial charge in [0, 0.05) is 7.11 Å². The van der Waals surface area contributed by atoms with Gasteiger partial charge in [-0.1, -0.05) is 0 Å². The molecule has 2 rings (SSSR count). The molecular weight excluding hydrogens is 332 g/mol. The summed E-state index contributed by atoms with van der Waals surface area (Å²) in [5.41, 5.74) is 0. The molecule has 0 amide bonds. The quantitative estimate of drug-likeness (QED) is 0.251. The predicted molar refractivity (Wildman–Crippen MR) is 73.4 cm³/mol. The standard InChI is InChI=1S/C13H24O11/c1-21-11-6(16)4(2-14)23-13(9(11)19)24-10-5(3-15)22-12(20)8(18)7(10)17/h4-20H,2-3H2,1H3/t4-,5-,6+,7-,8-,9-,10-,11+,12-,13+/m1/s1. The highest BCUT2D eigenvalue weighted by molar-refractivity contribution is 4.94. The fraction of sp³-hybridized carbons (Fsp3) is 1.00. The SMILES string of the molecule is CO[C@H]1[C@@H](O)[C@@H](CO)O[C@@H](O[C@H]2[C@H](O)[C@@H](O)[C@H](O)O[C@@H]2CO)[C@@H]1O. The summed E-state index contributed by atoms with van der Waals surface area (Å²) in [4.78, 5) is 0. The van der Waals surface area contributed by atoms with Crippen LogP contribution in [-0.4, -0.2) is 117 Å². The second kappa shape index (κ2) is 8.29. The Bertz CT molecular complexity index is 394. The molecule has 2 fully saturated rings. The van der Waals surface area contributed by atoms with Gasteiger partial charge in [0.25, 0.3) is 0 Å². The summed E-state index contributed by atoms with van der Waals surface area (Å²) in [7, 11) is 1.24. The highest BCUT2D eigenvalue weighted by Crippen LogP contribution is 2.29. The summed E-state index contributed by atoms with van der Waals surface area (Å²) in [5, 5.41) is 67.8. The molecule has 0 unspecified atom stereocenters. The van der Waals surface area contributed by atoms with Gasteiger partial charge in [0.2, 0.25) is 0 Å². The molecule has 24 heavy (non-hydrogen) atoms. The lowest BCUT2D eigenvalue weighted by Gasteiger charge is -2.45. The molecule has 0 aromatic rings. The molecule has 2 aliphatic heterocycles. The molecule has 10 atom stereocenters. The summed E-state index contributed by atoms with van der Waals surface area (Å²) in [6.45, 7) is -1.23. The normalized spacial score (nSPS) is 50.0. The Morgan fingerprint density at radius 1 is 0.750 bits per heavy atom. The largest absolute Gasteiger partial charge is 0.394 e. The number of hydrogen-bond donors (Lipinski definition) is 7. The fourth-order valence-electron chi connectivity index (χ4n) is 2.83. The van der Waals surface area contributed by atoms with E-state index in [1.54, 1.807) is 0 Å². The number of aliphatic hydroxyl groups is 7. The van der Waals surface area contributed by atoms with Gasteiger partial charge in [-0.15, -0.1) is 0 Å². The van der Waals surface area contributed by atoms with Crippen LogP contribution in [0, 0.1) is 0 Å². The van der Waals surface area contributed by atoms with Crippen LogP contribution in [0.3, 0.4) is 0 Å². The third-order valence-corrected chi connectivity index (χ3v) is 4.22. The van der Waals surface area contributed by atoms with Gasteiger partial charge in [-0.05, 0) is 0 Å². The third kappa shape index (κ3) is 3.71. The molecule has 2 saturated heterocycles. The van der Waals surface area contributed by atoms with Gasteiger partial charge in [0.1, 0.15) is 48.8 Å². The van der Waals surface area contributed by atoms with E-state index in [0.29, 0.717) is 0 Å². The monoisotopic (exact) mass is 356 g/mol. The Kier molecular flexibility index (Phi) is 6.87. The molecule has 2 aliphatic rings. The van der Waals surface area contributed by atoms with Crippen molar-refractivity contribution in [3.8, 4) is 0 Å². The Morgan fingerprint density at radius 3 is 1.92 bits per heavy atom. The lowest BCUT2D eigenvalue weighted by Crippen LogP contribution is -2.64. The van der Waals surface area contributed by atoms with Gasteiger partial charge in [-0.3, -0.25) is 0 Å². The van der Waals surface area contributed by atoms with Crippen LogP contribution in [-0.2, 0) is 18.9 Å². The van der Waals surface area contributed by atoms with E-state index >= 15 is 0 Å². The zero-order chi connectivity index (χ0) is 18.0. The van der Waals surface area contributed by atoms with Crippen LogP contribution in [0.4, 0.5) is 0 Å². The van der Waals surface area contributed by atoms with Gasteiger partial charge in [-0.2, -0.15) is 0 Å². The summed E-state index contributed by atoms with van der Waals surface area (Å²) < 4.78 is 20.6. The van der Waals surface area contributed by atoms with E-state index < -0.39 is 74.6 Å². The lowest BCUT2D eigenvalue weighted by molar-refractivity contribution is -0.356. The Morgan fingerprint density at radius 2 is 1.38 bits per heavy atom. The summed E-state index contributed by atoms with van der Waals surface area (Å²) in [5.74, 6) is 0. The second-order valence-electron chi connectivity index (χ2n) is 5.74. The molecular formula is C13H24O11. The van der Waals surface area contributed by atoms with Crippen molar-refractivity contribution in [3.63, 3.8) is 0 Å². The topological polar surface area (TPSA) is 179 Å². The minimum absolute atomic E-state index is 0.581. The maximum absolute atomic E-state index is 10.2. The molecule has 0 radical (unpaired) electrons. The summed E-state index contributed by atoms with van der Waals surface area (Å²) in [6.07, 6.45) is -14.1. The van der Waals surface area contributed by atoms with Crippen molar-refractivity contribution in [3.05, 3.63) is 0 Å². The first-order valence-electron chi connectivity index (χ1n) is 7.46. The zero-order valence-corrected chi connectivity index (χ0v) is 13.0. The highest BCUT2D eigenvalue weighted by Gasteiger charge is 2.50. The first-order chi connectivity index (χ1) is 11.3. The van der Waals surface area contributed by atoms with Crippen LogP contribution in [0.1, 0.15) is 0 Å². The van der Waals surface area contributed by atoms with E-state index in [9.17, 15) is 35.7 Å². The first kappa shape index (κ1) is 19.9. The lowest BCUT2D eigenvalue weighted by atomic mass is 9.97. The maximum Gasteiger partial charge on any atom is 0.187 e. The van der Waals surface area contributed by atoms with Gasteiger partial charge in [0.15, 0.2) is 12.6 Å². The third-order valence-electron chi connectivity index (χ3n) is 4.22. The van der Waals surface area contributed by atoms with E-state index in [1.807, 2.05) is 0 Å². The van der Waals surface area contributed by atoms with Crippen molar-refractivity contribution in [2.24, 2.45) is 0 Å². The van der Waals surface area contributed by atoms with Gasteiger partial charge in [0.05, 0.1) is 13.2 Å². The van der Waals surface area contributed by atoms with Crippen molar-refractivity contribution in [2.75, 3.05) is 20.3 Å². The van der Waals surface area contributed by atoms with Crippen molar-refractivity contribution in [1.29, 1.82) is 0 Å². The van der Waals surface area contributed by atoms with Crippen molar-refractivity contribution < 1.29 is 54.7 Å². The molecule has 0 aromatic carbocycles. The molecule has 11 nitrogen and oxygen atoms in total. The van der Waals surface area contributed by atoms with Gasteiger partial charge >= 0.3 is 0 Å². The van der Waals surface area contributed by atoms with Gasteiger partial charge < -0.3 is 54.7 Å². The van der Waals surface area contributed by atoms with Crippen molar-refractivity contribution in [2.45, 2.75) is 61.4 Å². The number of aliphatic hydroxyl groups excluding tert-OH is 7. The fourth-order valence-corrected chi connectivity index (χ4v) is 2.83. The number of methoxy groups -OCH3 is 1. The van der Waals surface area contributed by atoms with E-state index in [4.69, 9.17) is 18.9 Å². The van der Waals surface area contributed by atoms with E-state index in [2.05, 4.69) is 0 Å². The number of rotatable bonds is 5. The Hall–Kier alpha value is -0.440. The zero-order valence-electron chi connectivity index (χ0n) is 13.0. The van der Waals surface area contributed by atoms with E-state index in [-0.39, 0.29) is 0 Å². The number of ether oxygens (including phenoxy) is 4. The van der Waals surface area contributed by atoms with Crippen LogP contribution < -0.4 is 0 Å². The average Bonchev–Trinajstić information content (AvgIpc) is 2.57. The van der Waals surface area contributed by atoms with Gasteiger partial charge in [-0.25, -0.2) is 0 Å². The van der Waals surface area contributed by atoms with Crippen LogP contribution in [0.5, 0.6) is 0 Å². The summed E-state index contributed by atoms with van der Waals surface area (Å²) >= 11 is 0. The molecule has 142 valence electrons. The molecule has 0 bridgehead atoms. The van der Waals surface area contributed by atoms with Crippen LogP contribution >= 0.6 is 0 Å². The smallest absolute Gasteiger partial charge is 0.187 e. The second-order valence-corrected chi connectivity index (χ2v) is 5.74. The first-order valence-corrected chi connectivity index (χ1v) is 7.46. The Balaban J connectivity index is 2.14. The minimum Gasteiger partial charge on any atom is -0.394 e. The highest BCUT2D eigenvalue weighted by atomic mass is 16.7. The average molecular weight is 356 g/mol. The van der Waals surface area contributed by atoms with Crippen LogP contribution in [0.15, 0.2) is 0 Å². The van der Waals surface area contributed by atoms with E-state index in [1.165, 1.54) is 7.11 Å². The molecule has 2 heterocycles. The molecule has 11 heteroatoms. The van der Waals surface area contributed by atoms with E-state index in [0.717, 1.165) is 0 Å². The van der Waals surface area contributed by atoms with Crippen molar-refractivity contribution >= 4 is 0 Å².